The molecule has 3 aromatic rings. The van der Waals surface area contributed by atoms with Crippen LogP contribution in [0.3, 0.4) is 0 Å². The van der Waals surface area contributed by atoms with E-state index in [1.54, 1.807) is 12.4 Å². The molecule has 0 bridgehead atoms. The van der Waals surface area contributed by atoms with Gasteiger partial charge in [0.15, 0.2) is 0 Å². The lowest BCUT2D eigenvalue weighted by atomic mass is 10.1. The van der Waals surface area contributed by atoms with Gasteiger partial charge >= 0.3 is 0 Å². The zero-order chi connectivity index (χ0) is 14.1. The van der Waals surface area contributed by atoms with Crippen LogP contribution in [0, 0.1) is 13.8 Å². The van der Waals surface area contributed by atoms with Crippen LogP contribution in [0.4, 0.5) is 5.69 Å². The summed E-state index contributed by atoms with van der Waals surface area (Å²) in [4.78, 5) is 4.02. The second kappa shape index (κ2) is 4.81. The molecule has 3 rings (SSSR count). The highest BCUT2D eigenvalue weighted by Crippen LogP contribution is 2.26. The monoisotopic (exact) mass is 264 g/mol. The number of rotatable bonds is 2. The third-order valence-electron chi connectivity index (χ3n) is 3.31. The van der Waals surface area contributed by atoms with Crippen molar-refractivity contribution in [3.63, 3.8) is 0 Å². The maximum atomic E-state index is 6.10. The molecular weight excluding hydrogens is 248 g/mol. The molecule has 0 atom stereocenters. The number of nitrogens with two attached hydrogens (primary N) is 1. The minimum absolute atomic E-state index is 0.664. The fourth-order valence-electron chi connectivity index (χ4n) is 2.21. The van der Waals surface area contributed by atoms with Crippen LogP contribution in [0.5, 0.6) is 0 Å². The molecule has 2 aromatic heterocycles. The minimum atomic E-state index is 0.664. The van der Waals surface area contributed by atoms with Gasteiger partial charge in [-0.25, -0.2) is 4.68 Å². The molecule has 2 heterocycles. The van der Waals surface area contributed by atoms with Crippen molar-refractivity contribution in [2.24, 2.45) is 0 Å². The van der Waals surface area contributed by atoms with Crippen molar-refractivity contribution >= 4 is 5.69 Å². The van der Waals surface area contributed by atoms with Gasteiger partial charge in [0.25, 0.3) is 0 Å². The fourth-order valence-corrected chi connectivity index (χ4v) is 2.21. The molecule has 20 heavy (non-hydrogen) atoms. The van der Waals surface area contributed by atoms with Gasteiger partial charge in [-0.1, -0.05) is 12.1 Å². The van der Waals surface area contributed by atoms with E-state index in [9.17, 15) is 0 Å². The second-order valence-electron chi connectivity index (χ2n) is 4.90. The van der Waals surface area contributed by atoms with E-state index in [1.165, 1.54) is 11.1 Å². The van der Waals surface area contributed by atoms with Crippen LogP contribution in [-0.2, 0) is 0 Å². The molecule has 1 aromatic carbocycles. The SMILES string of the molecule is Cc1ccc(C)c(-n2cc(N)c(-c3ccncc3)n2)c1. The molecule has 0 saturated carbocycles. The predicted octanol–water partition coefficient (Wildman–Crippen LogP) is 3.13. The van der Waals surface area contributed by atoms with Crippen LogP contribution in [0.2, 0.25) is 0 Å². The number of anilines is 1. The molecular formula is C16H16N4. The molecule has 0 aliphatic heterocycles. The van der Waals surface area contributed by atoms with Gasteiger partial charge in [-0.05, 0) is 43.2 Å². The summed E-state index contributed by atoms with van der Waals surface area (Å²) >= 11 is 0. The number of aryl methyl sites for hydroxylation is 2. The largest absolute Gasteiger partial charge is 0.396 e. The maximum Gasteiger partial charge on any atom is 0.116 e. The van der Waals surface area contributed by atoms with Gasteiger partial charge in [-0.15, -0.1) is 0 Å². The van der Waals surface area contributed by atoms with E-state index >= 15 is 0 Å². The number of hydrogen-bond acceptors (Lipinski definition) is 3. The van der Waals surface area contributed by atoms with Crippen molar-refractivity contribution in [3.05, 3.63) is 60.0 Å². The highest BCUT2D eigenvalue weighted by molar-refractivity contribution is 5.72. The third kappa shape index (κ3) is 2.16. The van der Waals surface area contributed by atoms with E-state index in [-0.39, 0.29) is 0 Å². The number of benzene rings is 1. The highest BCUT2D eigenvalue weighted by atomic mass is 15.3. The Labute approximate surface area is 117 Å². The Bertz CT molecular complexity index is 744. The minimum Gasteiger partial charge on any atom is -0.396 e. The fraction of sp³-hybridized carbons (Fsp3) is 0.125. The van der Waals surface area contributed by atoms with Crippen molar-refractivity contribution in [1.29, 1.82) is 0 Å². The second-order valence-corrected chi connectivity index (χ2v) is 4.90. The lowest BCUT2D eigenvalue weighted by Gasteiger charge is -2.06. The molecule has 2 N–H and O–H groups in total. The summed E-state index contributed by atoms with van der Waals surface area (Å²) in [5.74, 6) is 0. The molecule has 4 nitrogen and oxygen atoms in total. The zero-order valence-electron chi connectivity index (χ0n) is 11.5. The molecule has 0 fully saturated rings. The number of hydrogen-bond donors (Lipinski definition) is 1. The molecule has 0 saturated heterocycles. The van der Waals surface area contributed by atoms with E-state index in [0.717, 1.165) is 16.9 Å². The Morgan fingerprint density at radius 1 is 1.05 bits per heavy atom. The molecule has 0 spiro atoms. The molecule has 0 aliphatic rings. The van der Waals surface area contributed by atoms with E-state index in [1.807, 2.05) is 23.0 Å². The van der Waals surface area contributed by atoms with E-state index < -0.39 is 0 Å². The first-order chi connectivity index (χ1) is 9.65. The summed E-state index contributed by atoms with van der Waals surface area (Å²) in [6.45, 7) is 4.14. The van der Waals surface area contributed by atoms with Gasteiger partial charge in [0.2, 0.25) is 0 Å². The third-order valence-corrected chi connectivity index (χ3v) is 3.31. The average molecular weight is 264 g/mol. The summed E-state index contributed by atoms with van der Waals surface area (Å²) in [5, 5.41) is 4.62. The summed E-state index contributed by atoms with van der Waals surface area (Å²) in [7, 11) is 0. The quantitative estimate of drug-likeness (QED) is 0.773. The Balaban J connectivity index is 2.11. The molecule has 0 amide bonds. The topological polar surface area (TPSA) is 56.7 Å². The predicted molar refractivity (Wildman–Crippen MR) is 80.7 cm³/mol. The Kier molecular flexibility index (Phi) is 2.99. The van der Waals surface area contributed by atoms with E-state index in [4.69, 9.17) is 5.73 Å². The number of aromatic nitrogens is 3. The summed E-state index contributed by atoms with van der Waals surface area (Å²) in [6.07, 6.45) is 5.34. The van der Waals surface area contributed by atoms with E-state index in [2.05, 4.69) is 42.1 Å². The van der Waals surface area contributed by atoms with Crippen molar-refractivity contribution in [2.45, 2.75) is 13.8 Å². The van der Waals surface area contributed by atoms with Crippen LogP contribution < -0.4 is 5.73 Å². The standard InChI is InChI=1S/C16H16N4/c1-11-3-4-12(2)15(9-11)20-10-14(17)16(19-20)13-5-7-18-8-6-13/h3-10H,17H2,1-2H3. The van der Waals surface area contributed by atoms with Gasteiger partial charge in [-0.2, -0.15) is 5.10 Å². The molecule has 0 radical (unpaired) electrons. The first-order valence-electron chi connectivity index (χ1n) is 6.48. The van der Waals surface area contributed by atoms with E-state index in [0.29, 0.717) is 5.69 Å². The normalized spacial score (nSPS) is 10.7. The van der Waals surface area contributed by atoms with Gasteiger partial charge in [0.05, 0.1) is 17.6 Å². The Morgan fingerprint density at radius 3 is 2.55 bits per heavy atom. The summed E-state index contributed by atoms with van der Waals surface area (Å²) in [5.41, 5.74) is 11.9. The van der Waals surface area contributed by atoms with Crippen molar-refractivity contribution in [2.75, 3.05) is 5.73 Å². The first-order valence-corrected chi connectivity index (χ1v) is 6.48. The van der Waals surface area contributed by atoms with Gasteiger partial charge in [0, 0.05) is 18.0 Å². The van der Waals surface area contributed by atoms with Gasteiger partial charge in [-0.3, -0.25) is 4.98 Å². The Hall–Kier alpha value is -2.62. The lowest BCUT2D eigenvalue weighted by molar-refractivity contribution is 0.875. The van der Waals surface area contributed by atoms with Crippen LogP contribution in [0.15, 0.2) is 48.9 Å². The molecule has 0 unspecified atom stereocenters. The average Bonchev–Trinajstić information content (AvgIpc) is 2.84. The van der Waals surface area contributed by atoms with Gasteiger partial charge < -0.3 is 5.73 Å². The zero-order valence-corrected chi connectivity index (χ0v) is 11.5. The van der Waals surface area contributed by atoms with Crippen molar-refractivity contribution in [1.82, 2.24) is 14.8 Å². The van der Waals surface area contributed by atoms with Crippen molar-refractivity contribution < 1.29 is 0 Å². The number of nitrogen functional groups attached to an aromatic ring is 1. The number of nitrogens with zero attached hydrogens (tertiary/aromatic N) is 3. The highest BCUT2D eigenvalue weighted by Gasteiger charge is 2.10. The Morgan fingerprint density at radius 2 is 1.80 bits per heavy atom. The smallest absolute Gasteiger partial charge is 0.116 e. The lowest BCUT2D eigenvalue weighted by Crippen LogP contribution is -1.98. The van der Waals surface area contributed by atoms with Crippen LogP contribution in [0.1, 0.15) is 11.1 Å². The molecule has 0 aliphatic carbocycles. The first kappa shape index (κ1) is 12.4. The van der Waals surface area contributed by atoms with Crippen LogP contribution in [-0.4, -0.2) is 14.8 Å². The summed E-state index contributed by atoms with van der Waals surface area (Å²) in [6, 6.07) is 10.1. The molecule has 4 heteroatoms. The summed E-state index contributed by atoms with van der Waals surface area (Å²) < 4.78 is 1.84. The van der Waals surface area contributed by atoms with Crippen LogP contribution in [0.25, 0.3) is 16.9 Å². The molecule has 100 valence electrons. The van der Waals surface area contributed by atoms with Crippen molar-refractivity contribution in [3.8, 4) is 16.9 Å². The maximum absolute atomic E-state index is 6.10. The number of pyridine rings is 1. The van der Waals surface area contributed by atoms with Crippen LogP contribution >= 0.6 is 0 Å². The van der Waals surface area contributed by atoms with Gasteiger partial charge in [0.1, 0.15) is 5.69 Å².